The molecule has 0 bridgehead atoms. The zero-order chi connectivity index (χ0) is 5.11. The summed E-state index contributed by atoms with van der Waals surface area (Å²) in [6, 6.07) is 0. The summed E-state index contributed by atoms with van der Waals surface area (Å²) in [4.78, 5) is 0. The maximum atomic E-state index is 2.31. The molecule has 0 saturated heterocycles. The summed E-state index contributed by atoms with van der Waals surface area (Å²) in [5, 5.41) is 0. The van der Waals surface area contributed by atoms with Gasteiger partial charge in [0.15, 0.2) is 0 Å². The highest BCUT2D eigenvalue weighted by Crippen LogP contribution is 2.14. The van der Waals surface area contributed by atoms with Crippen LogP contribution in [-0.4, -0.2) is 0 Å². The van der Waals surface area contributed by atoms with E-state index < -0.39 is 0 Å². The predicted molar refractivity (Wildman–Crippen MR) is 32.2 cm³/mol. The number of hydrogen-bond acceptors (Lipinski definition) is 0. The molecule has 40 valence electrons. The fourth-order valence-corrected chi connectivity index (χ4v) is 0.982. The Kier molecular flexibility index (Phi) is 1.50. The third-order valence-electron chi connectivity index (χ3n) is 1.49. The molecule has 1 rings (SSSR count). The Hall–Kier alpha value is -0.260. The molecule has 0 aromatic heterocycles. The Morgan fingerprint density at radius 3 is 2.71 bits per heavy atom. The first-order chi connectivity index (χ1) is 3.39. The third-order valence-corrected chi connectivity index (χ3v) is 1.49. The van der Waals surface area contributed by atoms with Crippen molar-refractivity contribution in [2.75, 3.05) is 0 Å². The Labute approximate surface area is 45.2 Å². The van der Waals surface area contributed by atoms with Gasteiger partial charge in [-0.1, -0.05) is 19.1 Å². The smallest absolute Gasteiger partial charge is 0.0262 e. The summed E-state index contributed by atoms with van der Waals surface area (Å²) in [5.74, 6) is 0.855. The van der Waals surface area contributed by atoms with Crippen LogP contribution in [0, 0.1) is 5.92 Å². The van der Waals surface area contributed by atoms with Gasteiger partial charge in [0.05, 0.1) is 0 Å². The molecule has 0 nitrogen and oxygen atoms in total. The van der Waals surface area contributed by atoms with Crippen molar-refractivity contribution in [2.45, 2.75) is 26.2 Å². The van der Waals surface area contributed by atoms with Crippen LogP contribution in [0.1, 0.15) is 26.2 Å². The van der Waals surface area contributed by atoms with Crippen molar-refractivity contribution in [1.29, 1.82) is 0 Å². The Morgan fingerprint density at radius 1 is 1.57 bits per heavy atom. The fourth-order valence-electron chi connectivity index (χ4n) is 0.982. The second-order valence-electron chi connectivity index (χ2n) is 2.34. The van der Waals surface area contributed by atoms with Crippen molar-refractivity contribution in [3.05, 3.63) is 12.2 Å². The summed E-state index contributed by atoms with van der Waals surface area (Å²) < 4.78 is 0. The van der Waals surface area contributed by atoms with E-state index in [-0.39, 0.29) is 0 Å². The number of rotatable bonds is 0. The van der Waals surface area contributed by atoms with Gasteiger partial charge in [-0.05, 0) is 25.2 Å². The molecule has 0 amide bonds. The molecular weight excluding hydrogens is 84.1 g/mol. The van der Waals surface area contributed by atoms with Gasteiger partial charge in [0.2, 0.25) is 0 Å². The molecule has 0 fully saturated rings. The molecule has 7 heavy (non-hydrogen) atoms. The summed E-state index contributed by atoms with van der Waals surface area (Å²) in [7, 11) is 0. The predicted octanol–water partition coefficient (Wildman–Crippen LogP) is 2.36. The fraction of sp³-hybridized carbons (Fsp3) is 0.714. The lowest BCUT2D eigenvalue weighted by atomic mass is 9.98. The summed E-state index contributed by atoms with van der Waals surface area (Å²) in [6.45, 7) is 2.27. The van der Waals surface area contributed by atoms with Crippen molar-refractivity contribution in [3.63, 3.8) is 0 Å². The first-order valence-corrected chi connectivity index (χ1v) is 3.06. The zero-order valence-electron chi connectivity index (χ0n) is 4.85. The molecule has 0 aromatic carbocycles. The number of allylic oxidation sites excluding steroid dienone is 2. The lowest BCUT2D eigenvalue weighted by Crippen LogP contribution is -1.92. The van der Waals surface area contributed by atoms with E-state index in [0.717, 1.165) is 5.92 Å². The van der Waals surface area contributed by atoms with Crippen molar-refractivity contribution >= 4 is 0 Å². The first-order valence-electron chi connectivity index (χ1n) is 3.06. The second kappa shape index (κ2) is 2.15. The van der Waals surface area contributed by atoms with Crippen LogP contribution in [0.4, 0.5) is 0 Å². The van der Waals surface area contributed by atoms with Gasteiger partial charge in [0.25, 0.3) is 0 Å². The lowest BCUT2D eigenvalue weighted by molar-refractivity contribution is 0.584. The van der Waals surface area contributed by atoms with E-state index in [1.54, 1.807) is 0 Å². The van der Waals surface area contributed by atoms with E-state index in [1.165, 1.54) is 19.3 Å². The SMILES string of the molecule is C[C@@H]1C=CCCC1. The van der Waals surface area contributed by atoms with Crippen molar-refractivity contribution in [3.8, 4) is 0 Å². The van der Waals surface area contributed by atoms with Gasteiger partial charge < -0.3 is 0 Å². The van der Waals surface area contributed by atoms with Gasteiger partial charge in [0, 0.05) is 0 Å². The monoisotopic (exact) mass is 96.1 g/mol. The topological polar surface area (TPSA) is 0 Å². The molecule has 0 spiro atoms. The van der Waals surface area contributed by atoms with Gasteiger partial charge in [-0.3, -0.25) is 0 Å². The molecule has 0 heteroatoms. The van der Waals surface area contributed by atoms with Gasteiger partial charge in [-0.15, -0.1) is 0 Å². The lowest BCUT2D eigenvalue weighted by Gasteiger charge is -2.08. The van der Waals surface area contributed by atoms with E-state index in [9.17, 15) is 0 Å². The minimum absolute atomic E-state index is 0.855. The van der Waals surface area contributed by atoms with E-state index in [4.69, 9.17) is 0 Å². The van der Waals surface area contributed by atoms with Crippen molar-refractivity contribution in [2.24, 2.45) is 5.92 Å². The molecule has 1 aliphatic rings. The maximum Gasteiger partial charge on any atom is -0.0262 e. The van der Waals surface area contributed by atoms with Gasteiger partial charge >= 0.3 is 0 Å². The van der Waals surface area contributed by atoms with E-state index in [0.29, 0.717) is 0 Å². The van der Waals surface area contributed by atoms with Crippen LogP contribution in [0.5, 0.6) is 0 Å². The van der Waals surface area contributed by atoms with Crippen LogP contribution < -0.4 is 0 Å². The van der Waals surface area contributed by atoms with Crippen molar-refractivity contribution < 1.29 is 0 Å². The average molecular weight is 96.2 g/mol. The quantitative estimate of drug-likeness (QED) is 0.406. The maximum absolute atomic E-state index is 2.31. The standard InChI is InChI=1S/C7H12/c1-7-5-3-2-4-6-7/h3,5,7H,2,4,6H2,1H3/t7-/m1/s1. The third kappa shape index (κ3) is 1.34. The zero-order valence-corrected chi connectivity index (χ0v) is 4.85. The van der Waals surface area contributed by atoms with Crippen LogP contribution in [0.2, 0.25) is 0 Å². The van der Waals surface area contributed by atoms with E-state index >= 15 is 0 Å². The van der Waals surface area contributed by atoms with Crippen molar-refractivity contribution in [1.82, 2.24) is 0 Å². The molecule has 0 aliphatic heterocycles. The Morgan fingerprint density at radius 2 is 2.43 bits per heavy atom. The second-order valence-corrected chi connectivity index (χ2v) is 2.34. The average Bonchev–Trinajstić information content (AvgIpc) is 1.69. The Bertz CT molecular complexity index is 72.1. The van der Waals surface area contributed by atoms with Crippen LogP contribution in [0.15, 0.2) is 12.2 Å². The largest absolute Gasteiger partial charge is 0.0883 e. The molecule has 0 heterocycles. The summed E-state index contributed by atoms with van der Waals surface area (Å²) >= 11 is 0. The minimum Gasteiger partial charge on any atom is -0.0883 e. The molecule has 0 radical (unpaired) electrons. The minimum atomic E-state index is 0.855. The summed E-state index contributed by atoms with van der Waals surface area (Å²) in [6.07, 6.45) is 8.70. The molecule has 1 atom stereocenters. The van der Waals surface area contributed by atoms with Gasteiger partial charge in [0.1, 0.15) is 0 Å². The van der Waals surface area contributed by atoms with E-state index in [2.05, 4.69) is 19.1 Å². The first kappa shape index (κ1) is 4.89. The molecule has 1 aliphatic carbocycles. The molecular formula is C7H12. The van der Waals surface area contributed by atoms with Gasteiger partial charge in [-0.25, -0.2) is 0 Å². The highest BCUT2D eigenvalue weighted by atomic mass is 14.0. The van der Waals surface area contributed by atoms with Gasteiger partial charge in [-0.2, -0.15) is 0 Å². The highest BCUT2D eigenvalue weighted by molar-refractivity contribution is 4.90. The number of hydrogen-bond donors (Lipinski definition) is 0. The molecule has 0 saturated carbocycles. The molecule has 0 N–H and O–H groups in total. The van der Waals surface area contributed by atoms with Crippen LogP contribution in [0.3, 0.4) is 0 Å². The normalized spacial score (nSPS) is 30.7. The molecule has 0 unspecified atom stereocenters. The van der Waals surface area contributed by atoms with Crippen LogP contribution in [0.25, 0.3) is 0 Å². The summed E-state index contributed by atoms with van der Waals surface area (Å²) in [5.41, 5.74) is 0. The molecule has 0 aromatic rings. The van der Waals surface area contributed by atoms with E-state index in [1.807, 2.05) is 0 Å². The van der Waals surface area contributed by atoms with Crippen LogP contribution >= 0.6 is 0 Å². The van der Waals surface area contributed by atoms with Crippen LogP contribution in [-0.2, 0) is 0 Å². The highest BCUT2D eigenvalue weighted by Gasteiger charge is 1.98. The Balaban J connectivity index is 2.36.